The van der Waals surface area contributed by atoms with Crippen molar-refractivity contribution in [3.05, 3.63) is 85.7 Å². The van der Waals surface area contributed by atoms with Crippen LogP contribution in [-0.2, 0) is 0 Å². The van der Waals surface area contributed by atoms with Crippen LogP contribution in [0.2, 0.25) is 0 Å². The lowest BCUT2D eigenvalue weighted by molar-refractivity contribution is -0.384. The Hall–Kier alpha value is -3.75. The van der Waals surface area contributed by atoms with Crippen LogP contribution in [0.1, 0.15) is 40.7 Å². The average molecular weight is 382 g/mol. The minimum Gasteiger partial charge on any atom is -0.464 e. The van der Waals surface area contributed by atoms with E-state index in [-0.39, 0.29) is 17.1 Å². The molecule has 3 rings (SSSR count). The molecule has 0 aliphatic heterocycles. The molecule has 1 atom stereocenters. The first-order valence-corrected chi connectivity index (χ1v) is 8.50. The molecule has 3 aromatic rings. The van der Waals surface area contributed by atoms with E-state index in [1.807, 2.05) is 0 Å². The number of furan rings is 1. The maximum absolute atomic E-state index is 12.6. The first-order chi connectivity index (χ1) is 13.3. The number of nitrogens with zero attached hydrogens (tertiary/aromatic N) is 3. The van der Waals surface area contributed by atoms with Crippen molar-refractivity contribution in [2.45, 2.75) is 26.8 Å². The number of nitro groups is 1. The number of nitro benzene ring substituents is 1. The maximum Gasteiger partial charge on any atom is 0.294 e. The summed E-state index contributed by atoms with van der Waals surface area (Å²) in [6, 6.07) is 10.2. The summed E-state index contributed by atoms with van der Waals surface area (Å²) in [5, 5.41) is 18.1. The number of carbonyl (C=O) groups excluding carboxylic acids is 1. The smallest absolute Gasteiger partial charge is 0.294 e. The van der Waals surface area contributed by atoms with E-state index in [0.29, 0.717) is 17.2 Å². The Morgan fingerprint density at radius 3 is 2.61 bits per heavy atom. The van der Waals surface area contributed by atoms with E-state index >= 15 is 0 Å². The molecule has 0 fully saturated rings. The fraction of sp³-hybridized carbons (Fsp3) is 0.211. The highest BCUT2D eigenvalue weighted by atomic mass is 16.6. The third kappa shape index (κ3) is 3.68. The first-order valence-electron chi connectivity index (χ1n) is 8.50. The number of hydrogen-bond acceptors (Lipinski definition) is 6. The van der Waals surface area contributed by atoms with Crippen molar-refractivity contribution in [1.82, 2.24) is 15.1 Å². The lowest BCUT2D eigenvalue weighted by atomic mass is 10.2. The van der Waals surface area contributed by atoms with Gasteiger partial charge in [-0.15, -0.1) is 0 Å². The van der Waals surface area contributed by atoms with Gasteiger partial charge in [-0.25, -0.2) is 4.68 Å². The van der Waals surface area contributed by atoms with Gasteiger partial charge in [0.25, 0.3) is 11.6 Å². The van der Waals surface area contributed by atoms with Crippen LogP contribution in [0.15, 0.2) is 51.7 Å². The minimum absolute atomic E-state index is 0.161. The minimum atomic E-state index is -0.695. The Morgan fingerprint density at radius 1 is 1.25 bits per heavy atom. The van der Waals surface area contributed by atoms with Gasteiger partial charge in [0.2, 0.25) is 5.43 Å². The van der Waals surface area contributed by atoms with Gasteiger partial charge in [0.05, 0.1) is 11.0 Å². The topological polar surface area (TPSA) is 120 Å². The molecule has 9 nitrogen and oxygen atoms in total. The molecule has 1 unspecified atom stereocenters. The van der Waals surface area contributed by atoms with Gasteiger partial charge in [-0.2, -0.15) is 5.10 Å². The molecule has 0 saturated carbocycles. The van der Waals surface area contributed by atoms with Crippen LogP contribution in [0.4, 0.5) is 5.69 Å². The number of aryl methyl sites for hydroxylation is 2. The highest BCUT2D eigenvalue weighted by molar-refractivity contribution is 5.92. The molecule has 2 heterocycles. The van der Waals surface area contributed by atoms with Gasteiger partial charge in [0, 0.05) is 17.8 Å². The van der Waals surface area contributed by atoms with E-state index in [1.165, 1.54) is 28.9 Å². The molecular weight excluding hydrogens is 364 g/mol. The lowest BCUT2D eigenvalue weighted by Crippen LogP contribution is -2.33. The Labute approximate surface area is 159 Å². The number of hydrogen-bond donors (Lipinski definition) is 1. The predicted octanol–water partition coefficient (Wildman–Crippen LogP) is 2.84. The molecule has 1 N–H and O–H groups in total. The summed E-state index contributed by atoms with van der Waals surface area (Å²) in [6.07, 6.45) is 0. The first kappa shape index (κ1) is 19.0. The zero-order valence-corrected chi connectivity index (χ0v) is 15.5. The molecule has 2 aromatic heterocycles. The van der Waals surface area contributed by atoms with Crippen LogP contribution in [0.5, 0.6) is 0 Å². The van der Waals surface area contributed by atoms with Gasteiger partial charge in [-0.3, -0.25) is 19.7 Å². The SMILES string of the molecule is Cc1ccc(C(C)NC(=O)c2nn(-c3ccccc3[N+](=O)[O-])c(C)cc2=O)o1. The highest BCUT2D eigenvalue weighted by Gasteiger charge is 2.22. The van der Waals surface area contributed by atoms with Crippen molar-refractivity contribution < 1.29 is 14.1 Å². The van der Waals surface area contributed by atoms with E-state index in [4.69, 9.17) is 4.42 Å². The second kappa shape index (κ2) is 7.47. The van der Waals surface area contributed by atoms with Gasteiger partial charge in [0.15, 0.2) is 5.69 Å². The van der Waals surface area contributed by atoms with Crippen LogP contribution in [0.3, 0.4) is 0 Å². The van der Waals surface area contributed by atoms with Gasteiger partial charge in [0.1, 0.15) is 17.2 Å². The van der Waals surface area contributed by atoms with Crippen LogP contribution >= 0.6 is 0 Å². The van der Waals surface area contributed by atoms with Gasteiger partial charge in [-0.05, 0) is 39.0 Å². The zero-order valence-electron chi connectivity index (χ0n) is 15.5. The number of para-hydroxylation sites is 2. The fourth-order valence-electron chi connectivity index (χ4n) is 2.77. The number of benzene rings is 1. The van der Waals surface area contributed by atoms with Gasteiger partial charge in [-0.1, -0.05) is 12.1 Å². The van der Waals surface area contributed by atoms with Crippen LogP contribution < -0.4 is 10.7 Å². The number of nitrogens with one attached hydrogen (secondary N) is 1. The van der Waals surface area contributed by atoms with E-state index in [9.17, 15) is 19.7 Å². The average Bonchev–Trinajstić information content (AvgIpc) is 3.08. The summed E-state index contributed by atoms with van der Waals surface area (Å²) in [7, 11) is 0. The molecule has 9 heteroatoms. The predicted molar refractivity (Wildman–Crippen MR) is 101 cm³/mol. The van der Waals surface area contributed by atoms with E-state index in [2.05, 4.69) is 10.4 Å². The molecular formula is C19H18N4O5. The fourth-order valence-corrected chi connectivity index (χ4v) is 2.77. The van der Waals surface area contributed by atoms with Crippen LogP contribution in [0.25, 0.3) is 5.69 Å². The second-order valence-corrected chi connectivity index (χ2v) is 6.30. The monoisotopic (exact) mass is 382 g/mol. The molecule has 0 spiro atoms. The van der Waals surface area contributed by atoms with Crippen molar-refractivity contribution >= 4 is 11.6 Å². The molecule has 1 aromatic carbocycles. The summed E-state index contributed by atoms with van der Waals surface area (Å²) < 4.78 is 6.69. The van der Waals surface area contributed by atoms with Gasteiger partial charge >= 0.3 is 0 Å². The Kier molecular flexibility index (Phi) is 5.08. The molecule has 28 heavy (non-hydrogen) atoms. The summed E-state index contributed by atoms with van der Waals surface area (Å²) in [5.74, 6) is 0.541. The molecule has 0 radical (unpaired) electrons. The van der Waals surface area contributed by atoms with E-state index < -0.39 is 22.3 Å². The van der Waals surface area contributed by atoms with E-state index in [0.717, 1.165) is 0 Å². The molecule has 1 amide bonds. The third-order valence-electron chi connectivity index (χ3n) is 4.16. The van der Waals surface area contributed by atoms with Crippen LogP contribution in [0, 0.1) is 24.0 Å². The number of amides is 1. The Morgan fingerprint density at radius 2 is 1.96 bits per heavy atom. The Balaban J connectivity index is 1.99. The third-order valence-corrected chi connectivity index (χ3v) is 4.16. The Bertz CT molecular complexity index is 1120. The summed E-state index contributed by atoms with van der Waals surface area (Å²) in [6.45, 7) is 5.08. The second-order valence-electron chi connectivity index (χ2n) is 6.30. The van der Waals surface area contributed by atoms with Crippen molar-refractivity contribution in [1.29, 1.82) is 0 Å². The summed E-state index contributed by atoms with van der Waals surface area (Å²) in [5.41, 5.74) is -0.599. The molecule has 0 saturated heterocycles. The molecule has 0 aliphatic carbocycles. The summed E-state index contributed by atoms with van der Waals surface area (Å²) >= 11 is 0. The van der Waals surface area contributed by atoms with Crippen molar-refractivity contribution in [2.75, 3.05) is 0 Å². The summed E-state index contributed by atoms with van der Waals surface area (Å²) in [4.78, 5) is 35.7. The quantitative estimate of drug-likeness (QED) is 0.535. The molecule has 0 bridgehead atoms. The number of rotatable bonds is 5. The lowest BCUT2D eigenvalue weighted by Gasteiger charge is -2.13. The van der Waals surface area contributed by atoms with Crippen molar-refractivity contribution in [2.24, 2.45) is 0 Å². The normalized spacial score (nSPS) is 11.8. The van der Waals surface area contributed by atoms with Gasteiger partial charge < -0.3 is 9.73 Å². The standard InChI is InChI=1S/C19H18N4O5/c1-11-10-16(24)18(19(25)20-13(3)17-9-8-12(2)28-17)21-22(11)14-6-4-5-7-15(14)23(26)27/h4-10,13H,1-3H3,(H,20,25). The van der Waals surface area contributed by atoms with E-state index in [1.54, 1.807) is 39.0 Å². The van der Waals surface area contributed by atoms with Crippen molar-refractivity contribution in [3.8, 4) is 5.69 Å². The zero-order chi connectivity index (χ0) is 20.4. The molecule has 0 aliphatic rings. The molecule has 144 valence electrons. The highest BCUT2D eigenvalue weighted by Crippen LogP contribution is 2.22. The van der Waals surface area contributed by atoms with Crippen LogP contribution in [-0.4, -0.2) is 20.6 Å². The number of aromatic nitrogens is 2. The van der Waals surface area contributed by atoms with Crippen molar-refractivity contribution in [3.63, 3.8) is 0 Å². The largest absolute Gasteiger partial charge is 0.464 e. The maximum atomic E-state index is 12.6. The number of carbonyl (C=O) groups is 1.